The predicted molar refractivity (Wildman–Crippen MR) is 72.1 cm³/mol. The van der Waals surface area contributed by atoms with Crippen LogP contribution >= 0.6 is 23.2 Å². The molecule has 1 N–H and O–H groups in total. The van der Waals surface area contributed by atoms with Crippen molar-refractivity contribution in [1.29, 1.82) is 0 Å². The molecular weight excluding hydrogens is 243 g/mol. The Labute approximate surface area is 109 Å². The van der Waals surface area contributed by atoms with Crippen molar-refractivity contribution >= 4 is 23.2 Å². The summed E-state index contributed by atoms with van der Waals surface area (Å²) >= 11 is 11.6. The summed E-state index contributed by atoms with van der Waals surface area (Å²) in [6, 6.07) is 1.10. The molecule has 0 aromatic carbocycles. The van der Waals surface area contributed by atoms with Crippen LogP contribution < -0.4 is 5.32 Å². The number of halogens is 2. The van der Waals surface area contributed by atoms with Gasteiger partial charge in [0.05, 0.1) is 0 Å². The summed E-state index contributed by atoms with van der Waals surface area (Å²) in [6.07, 6.45) is 3.91. The lowest BCUT2D eigenvalue weighted by atomic mass is 10.0. The number of nitrogens with zero attached hydrogens (tertiary/aromatic N) is 1. The maximum absolute atomic E-state index is 5.99. The first-order chi connectivity index (χ1) is 7.63. The molecule has 0 radical (unpaired) electrons. The lowest BCUT2D eigenvalue weighted by Gasteiger charge is -2.32. The molecule has 1 atom stereocenters. The maximum Gasteiger partial charge on any atom is 0.0434 e. The van der Waals surface area contributed by atoms with Gasteiger partial charge >= 0.3 is 0 Å². The molecule has 1 saturated heterocycles. The van der Waals surface area contributed by atoms with E-state index < -0.39 is 0 Å². The Morgan fingerprint density at radius 2 is 2.25 bits per heavy atom. The summed E-state index contributed by atoms with van der Waals surface area (Å²) < 4.78 is 0. The Balaban J connectivity index is 2.43. The standard InChI is InChI=1S/C12H22Cl2N2/c1-10(2)16(8-11(14)7-13)9-12-5-3-4-6-15-12/h7,10,12,15H,3-6,8-9H2,1-2H3. The Morgan fingerprint density at radius 1 is 1.50 bits per heavy atom. The number of piperidine rings is 1. The summed E-state index contributed by atoms with van der Waals surface area (Å²) in [7, 11) is 0. The molecule has 1 unspecified atom stereocenters. The highest BCUT2D eigenvalue weighted by Gasteiger charge is 2.18. The molecule has 16 heavy (non-hydrogen) atoms. The van der Waals surface area contributed by atoms with Gasteiger partial charge in [0.25, 0.3) is 0 Å². The van der Waals surface area contributed by atoms with Gasteiger partial charge in [-0.1, -0.05) is 29.6 Å². The van der Waals surface area contributed by atoms with Crippen LogP contribution in [0.3, 0.4) is 0 Å². The van der Waals surface area contributed by atoms with Gasteiger partial charge < -0.3 is 5.32 Å². The highest BCUT2D eigenvalue weighted by atomic mass is 35.5. The highest BCUT2D eigenvalue weighted by molar-refractivity contribution is 6.36. The van der Waals surface area contributed by atoms with E-state index in [-0.39, 0.29) is 0 Å². The maximum atomic E-state index is 5.99. The van der Waals surface area contributed by atoms with Crippen LogP contribution in [0, 0.1) is 0 Å². The van der Waals surface area contributed by atoms with E-state index in [4.69, 9.17) is 23.2 Å². The van der Waals surface area contributed by atoms with Gasteiger partial charge in [-0.15, -0.1) is 0 Å². The minimum Gasteiger partial charge on any atom is -0.313 e. The molecule has 1 heterocycles. The van der Waals surface area contributed by atoms with E-state index in [9.17, 15) is 0 Å². The van der Waals surface area contributed by atoms with E-state index in [1.807, 2.05) is 0 Å². The van der Waals surface area contributed by atoms with Crippen LogP contribution in [0.15, 0.2) is 10.6 Å². The van der Waals surface area contributed by atoms with E-state index >= 15 is 0 Å². The third-order valence-corrected chi connectivity index (χ3v) is 3.67. The molecule has 0 amide bonds. The molecule has 2 nitrogen and oxygen atoms in total. The smallest absolute Gasteiger partial charge is 0.0434 e. The largest absolute Gasteiger partial charge is 0.313 e. The molecule has 4 heteroatoms. The number of rotatable bonds is 5. The average molecular weight is 265 g/mol. The molecule has 0 bridgehead atoms. The van der Waals surface area contributed by atoms with E-state index in [0.29, 0.717) is 17.1 Å². The Bertz CT molecular complexity index is 223. The van der Waals surface area contributed by atoms with Gasteiger partial charge in [-0.25, -0.2) is 0 Å². The van der Waals surface area contributed by atoms with Gasteiger partial charge in [-0.2, -0.15) is 0 Å². The zero-order chi connectivity index (χ0) is 12.0. The first kappa shape index (κ1) is 14.3. The summed E-state index contributed by atoms with van der Waals surface area (Å²) in [6.45, 7) is 7.34. The topological polar surface area (TPSA) is 15.3 Å². The van der Waals surface area contributed by atoms with Crippen molar-refractivity contribution in [2.75, 3.05) is 19.6 Å². The Morgan fingerprint density at radius 3 is 2.75 bits per heavy atom. The fraction of sp³-hybridized carbons (Fsp3) is 0.833. The molecule has 0 saturated carbocycles. The number of nitrogens with one attached hydrogen (secondary N) is 1. The second-order valence-corrected chi connectivity index (χ2v) is 5.43. The van der Waals surface area contributed by atoms with Crippen molar-refractivity contribution < 1.29 is 0 Å². The van der Waals surface area contributed by atoms with E-state index in [1.54, 1.807) is 0 Å². The fourth-order valence-corrected chi connectivity index (χ4v) is 2.27. The second kappa shape index (κ2) is 7.54. The van der Waals surface area contributed by atoms with Gasteiger partial charge in [0.15, 0.2) is 0 Å². The van der Waals surface area contributed by atoms with Crippen molar-refractivity contribution in [2.24, 2.45) is 0 Å². The molecule has 1 aliphatic heterocycles. The molecular formula is C12H22Cl2N2. The number of hydrogen-bond donors (Lipinski definition) is 1. The molecule has 0 aromatic rings. The van der Waals surface area contributed by atoms with E-state index in [1.165, 1.54) is 24.8 Å². The molecule has 1 aliphatic rings. The van der Waals surface area contributed by atoms with Crippen LogP contribution in [0.2, 0.25) is 0 Å². The summed E-state index contributed by atoms with van der Waals surface area (Å²) in [5, 5.41) is 4.27. The first-order valence-electron chi connectivity index (χ1n) is 6.05. The quantitative estimate of drug-likeness (QED) is 0.821. The van der Waals surface area contributed by atoms with Crippen LogP contribution in [-0.2, 0) is 0 Å². The van der Waals surface area contributed by atoms with Crippen molar-refractivity contribution in [3.8, 4) is 0 Å². The van der Waals surface area contributed by atoms with E-state index in [0.717, 1.165) is 19.6 Å². The first-order valence-corrected chi connectivity index (χ1v) is 6.87. The normalized spacial score (nSPS) is 23.1. The minimum absolute atomic E-state index is 0.495. The van der Waals surface area contributed by atoms with Gasteiger partial charge in [0.1, 0.15) is 0 Å². The molecule has 0 aliphatic carbocycles. The van der Waals surface area contributed by atoms with Crippen LogP contribution in [0.1, 0.15) is 33.1 Å². The summed E-state index contributed by atoms with van der Waals surface area (Å²) in [4.78, 5) is 2.37. The van der Waals surface area contributed by atoms with Crippen LogP contribution in [0.5, 0.6) is 0 Å². The van der Waals surface area contributed by atoms with Gasteiger partial charge in [-0.05, 0) is 33.2 Å². The van der Waals surface area contributed by atoms with Crippen LogP contribution in [0.25, 0.3) is 0 Å². The zero-order valence-electron chi connectivity index (χ0n) is 10.2. The predicted octanol–water partition coefficient (Wildman–Crippen LogP) is 3.16. The third-order valence-electron chi connectivity index (χ3n) is 3.07. The van der Waals surface area contributed by atoms with E-state index in [2.05, 4.69) is 24.1 Å². The van der Waals surface area contributed by atoms with Crippen molar-refractivity contribution in [3.05, 3.63) is 10.6 Å². The number of hydrogen-bond acceptors (Lipinski definition) is 2. The van der Waals surface area contributed by atoms with Crippen molar-refractivity contribution in [3.63, 3.8) is 0 Å². The van der Waals surface area contributed by atoms with Crippen molar-refractivity contribution in [2.45, 2.75) is 45.2 Å². The van der Waals surface area contributed by atoms with Gasteiger partial charge in [0, 0.05) is 35.7 Å². The third kappa shape index (κ3) is 5.05. The fourth-order valence-electron chi connectivity index (χ4n) is 2.05. The average Bonchev–Trinajstić information content (AvgIpc) is 2.29. The van der Waals surface area contributed by atoms with Crippen LogP contribution in [0.4, 0.5) is 0 Å². The second-order valence-electron chi connectivity index (χ2n) is 4.73. The van der Waals surface area contributed by atoms with Gasteiger partial charge in [-0.3, -0.25) is 4.90 Å². The summed E-state index contributed by atoms with van der Waals surface area (Å²) in [5.74, 6) is 0. The lowest BCUT2D eigenvalue weighted by Crippen LogP contribution is -2.46. The molecule has 1 fully saturated rings. The highest BCUT2D eigenvalue weighted by Crippen LogP contribution is 2.13. The molecule has 0 aromatic heterocycles. The summed E-state index contributed by atoms with van der Waals surface area (Å²) in [5.41, 5.74) is 1.46. The zero-order valence-corrected chi connectivity index (χ0v) is 11.7. The lowest BCUT2D eigenvalue weighted by molar-refractivity contribution is 0.202. The Kier molecular flexibility index (Phi) is 6.74. The minimum atomic E-state index is 0.495. The molecule has 94 valence electrons. The van der Waals surface area contributed by atoms with Crippen molar-refractivity contribution in [1.82, 2.24) is 10.2 Å². The van der Waals surface area contributed by atoms with Gasteiger partial charge in [0.2, 0.25) is 0 Å². The van der Waals surface area contributed by atoms with Crippen LogP contribution in [-0.4, -0.2) is 36.6 Å². The molecule has 0 spiro atoms. The SMILES string of the molecule is CC(C)N(CC(Cl)=CCl)CC1CCCCN1. The molecule has 1 rings (SSSR count). The Hall–Kier alpha value is 0.240. The monoisotopic (exact) mass is 264 g/mol.